The Balaban J connectivity index is 1.67. The van der Waals surface area contributed by atoms with Crippen LogP contribution in [0.5, 0.6) is 5.06 Å². The predicted molar refractivity (Wildman–Crippen MR) is 80.6 cm³/mol. The average molecular weight is 310 g/mol. The van der Waals surface area contributed by atoms with Crippen LogP contribution in [0, 0.1) is 0 Å². The largest absolute Gasteiger partial charge is 0.498 e. The molecule has 0 saturated heterocycles. The maximum Gasteiger partial charge on any atom is 0.407 e. The number of carbonyl (C=O) groups excluding carboxylic acids is 1. The molecule has 5 nitrogen and oxygen atoms in total. The summed E-state index contributed by atoms with van der Waals surface area (Å²) < 4.78 is 5.22. The number of aromatic nitrogens is 1. The highest BCUT2D eigenvalue weighted by molar-refractivity contribution is 7.13. The van der Waals surface area contributed by atoms with E-state index in [2.05, 4.69) is 10.3 Å². The molecule has 2 bridgehead atoms. The van der Waals surface area contributed by atoms with Gasteiger partial charge in [0.25, 0.3) is 0 Å². The number of rotatable bonds is 3. The first kappa shape index (κ1) is 14.6. The van der Waals surface area contributed by atoms with Crippen molar-refractivity contribution in [3.05, 3.63) is 11.2 Å². The number of amides is 1. The molecule has 1 heterocycles. The van der Waals surface area contributed by atoms with E-state index >= 15 is 0 Å². The van der Waals surface area contributed by atoms with E-state index in [1.54, 1.807) is 6.20 Å². The van der Waals surface area contributed by atoms with Crippen LogP contribution in [-0.4, -0.2) is 27.8 Å². The molecule has 1 amide bonds. The molecule has 0 spiro atoms. The molecule has 1 aromatic heterocycles. The molecule has 6 heteroatoms. The summed E-state index contributed by atoms with van der Waals surface area (Å²) >= 11 is 1.40. The van der Waals surface area contributed by atoms with Gasteiger partial charge in [0.1, 0.15) is 5.01 Å². The molecule has 3 fully saturated rings. The zero-order valence-electron chi connectivity index (χ0n) is 12.5. The van der Waals surface area contributed by atoms with Crippen molar-refractivity contribution in [3.63, 3.8) is 0 Å². The van der Waals surface area contributed by atoms with Crippen molar-refractivity contribution >= 4 is 17.4 Å². The van der Waals surface area contributed by atoms with E-state index in [1.165, 1.54) is 11.3 Å². The predicted octanol–water partition coefficient (Wildman–Crippen LogP) is 3.33. The lowest BCUT2D eigenvalue weighted by Crippen LogP contribution is -2.58. The highest BCUT2D eigenvalue weighted by Crippen LogP contribution is 2.54. The van der Waals surface area contributed by atoms with Crippen LogP contribution in [0.2, 0.25) is 0 Å². The van der Waals surface area contributed by atoms with Crippen LogP contribution in [-0.2, 0) is 10.2 Å². The zero-order valence-corrected chi connectivity index (χ0v) is 13.3. The molecule has 1 aromatic rings. The van der Waals surface area contributed by atoms with Crippen molar-refractivity contribution in [3.8, 4) is 5.06 Å². The molecular formula is C15H22N2O3S. The lowest BCUT2D eigenvalue weighted by molar-refractivity contribution is 0.0560. The molecule has 0 radical (unpaired) electrons. The molecule has 0 aliphatic heterocycles. The SMILES string of the molecule is CC(C)OC(=O)NC12CCC(c3ncc(O)s3)(CC1)CC2. The van der Waals surface area contributed by atoms with Gasteiger partial charge in [-0.1, -0.05) is 11.3 Å². The van der Waals surface area contributed by atoms with Crippen LogP contribution in [0.1, 0.15) is 57.4 Å². The number of nitrogens with one attached hydrogen (secondary N) is 1. The van der Waals surface area contributed by atoms with Crippen molar-refractivity contribution in [1.29, 1.82) is 0 Å². The van der Waals surface area contributed by atoms with E-state index in [0.29, 0.717) is 5.06 Å². The van der Waals surface area contributed by atoms with Crippen LogP contribution in [0.15, 0.2) is 6.20 Å². The van der Waals surface area contributed by atoms with Gasteiger partial charge in [-0.2, -0.15) is 0 Å². The molecule has 3 aliphatic rings. The summed E-state index contributed by atoms with van der Waals surface area (Å²) in [6.45, 7) is 3.72. The van der Waals surface area contributed by atoms with Crippen molar-refractivity contribution < 1.29 is 14.6 Å². The summed E-state index contributed by atoms with van der Waals surface area (Å²) in [7, 11) is 0. The fourth-order valence-corrected chi connectivity index (χ4v) is 4.60. The molecule has 0 atom stereocenters. The van der Waals surface area contributed by atoms with Gasteiger partial charge in [-0.25, -0.2) is 9.78 Å². The van der Waals surface area contributed by atoms with Gasteiger partial charge < -0.3 is 15.2 Å². The number of thiazole rings is 1. The van der Waals surface area contributed by atoms with Gasteiger partial charge in [-0.3, -0.25) is 0 Å². The van der Waals surface area contributed by atoms with Crippen LogP contribution in [0.4, 0.5) is 4.79 Å². The first-order chi connectivity index (χ1) is 9.93. The Labute approximate surface area is 128 Å². The zero-order chi connectivity index (χ0) is 15.1. The molecular weight excluding hydrogens is 288 g/mol. The number of aromatic hydroxyl groups is 1. The van der Waals surface area contributed by atoms with Gasteiger partial charge in [0.05, 0.1) is 12.3 Å². The Morgan fingerprint density at radius 2 is 1.95 bits per heavy atom. The normalized spacial score (nSPS) is 31.4. The summed E-state index contributed by atoms with van der Waals surface area (Å²) in [5, 5.41) is 14.0. The minimum Gasteiger partial charge on any atom is -0.498 e. The summed E-state index contributed by atoms with van der Waals surface area (Å²) in [5.74, 6) is 0. The topological polar surface area (TPSA) is 71.5 Å². The lowest BCUT2D eigenvalue weighted by atomic mass is 9.57. The minimum atomic E-state index is -0.300. The van der Waals surface area contributed by atoms with Crippen molar-refractivity contribution in [1.82, 2.24) is 10.3 Å². The molecule has 0 aromatic carbocycles. The van der Waals surface area contributed by atoms with E-state index in [0.717, 1.165) is 43.5 Å². The Morgan fingerprint density at radius 1 is 1.33 bits per heavy atom. The third-order valence-corrected chi connectivity index (χ3v) is 5.95. The van der Waals surface area contributed by atoms with Gasteiger partial charge in [0.2, 0.25) is 0 Å². The minimum absolute atomic E-state index is 0.0917. The molecule has 21 heavy (non-hydrogen) atoms. The van der Waals surface area contributed by atoms with E-state index in [4.69, 9.17) is 4.74 Å². The Morgan fingerprint density at radius 3 is 2.43 bits per heavy atom. The van der Waals surface area contributed by atoms with Gasteiger partial charge in [0.15, 0.2) is 5.06 Å². The molecule has 0 unspecified atom stereocenters. The first-order valence-corrected chi connectivity index (χ1v) is 8.39. The number of carbonyl (C=O) groups is 1. The van der Waals surface area contributed by atoms with Crippen molar-refractivity contribution in [2.45, 2.75) is 69.4 Å². The number of alkyl carbamates (subject to hydrolysis) is 1. The molecule has 3 aliphatic carbocycles. The molecule has 2 N–H and O–H groups in total. The molecule has 116 valence electrons. The number of fused-ring (bicyclic) bond motifs is 3. The number of nitrogens with zero attached hydrogens (tertiary/aromatic N) is 1. The van der Waals surface area contributed by atoms with Crippen LogP contribution in [0.3, 0.4) is 0 Å². The van der Waals surface area contributed by atoms with Gasteiger partial charge in [0, 0.05) is 11.0 Å². The summed E-state index contributed by atoms with van der Waals surface area (Å²) in [6.07, 6.45) is 7.08. The summed E-state index contributed by atoms with van der Waals surface area (Å²) in [6, 6.07) is 0. The van der Waals surface area contributed by atoms with E-state index < -0.39 is 0 Å². The van der Waals surface area contributed by atoms with Crippen molar-refractivity contribution in [2.24, 2.45) is 0 Å². The number of ether oxygens (including phenoxy) is 1. The third-order valence-electron chi connectivity index (χ3n) is 4.90. The van der Waals surface area contributed by atoms with Crippen LogP contribution >= 0.6 is 11.3 Å². The third kappa shape index (κ3) is 2.73. The van der Waals surface area contributed by atoms with E-state index in [9.17, 15) is 9.90 Å². The summed E-state index contributed by atoms with van der Waals surface area (Å²) in [5.41, 5.74) is 0.00402. The fourth-order valence-electron chi connectivity index (χ4n) is 3.66. The highest BCUT2D eigenvalue weighted by Gasteiger charge is 2.51. The van der Waals surface area contributed by atoms with Gasteiger partial charge in [-0.05, 0) is 52.4 Å². The second-order valence-corrected chi connectivity index (χ2v) is 7.65. The fraction of sp³-hybridized carbons (Fsp3) is 0.733. The Bertz CT molecular complexity index is 516. The quantitative estimate of drug-likeness (QED) is 0.898. The average Bonchev–Trinajstić information content (AvgIpc) is 2.87. The number of hydrogen-bond acceptors (Lipinski definition) is 5. The second kappa shape index (κ2) is 5.16. The first-order valence-electron chi connectivity index (χ1n) is 7.57. The highest BCUT2D eigenvalue weighted by atomic mass is 32.1. The van der Waals surface area contributed by atoms with Crippen LogP contribution < -0.4 is 5.32 Å². The maximum absolute atomic E-state index is 11.9. The standard InChI is InChI=1S/C15H22N2O3S/c1-10(2)20-13(19)17-15-6-3-14(4-7-15,5-8-15)12-16-9-11(18)21-12/h9-10,18H,3-8H2,1-2H3,(H,17,19). The Kier molecular flexibility index (Phi) is 3.59. The molecule has 4 rings (SSSR count). The van der Waals surface area contributed by atoms with E-state index in [1.807, 2.05) is 13.8 Å². The van der Waals surface area contributed by atoms with Gasteiger partial charge in [-0.15, -0.1) is 0 Å². The van der Waals surface area contributed by atoms with Crippen LogP contribution in [0.25, 0.3) is 0 Å². The molecule has 3 saturated carbocycles. The lowest BCUT2D eigenvalue weighted by Gasteiger charge is -2.52. The number of hydrogen-bond donors (Lipinski definition) is 2. The Hall–Kier alpha value is -1.30. The monoisotopic (exact) mass is 310 g/mol. The van der Waals surface area contributed by atoms with Crippen molar-refractivity contribution in [2.75, 3.05) is 0 Å². The summed E-state index contributed by atoms with van der Waals surface area (Å²) in [4.78, 5) is 16.3. The van der Waals surface area contributed by atoms with E-state index in [-0.39, 0.29) is 23.2 Å². The smallest absolute Gasteiger partial charge is 0.407 e. The van der Waals surface area contributed by atoms with Gasteiger partial charge >= 0.3 is 6.09 Å². The maximum atomic E-state index is 11.9. The second-order valence-electron chi connectivity index (χ2n) is 6.64.